The Morgan fingerprint density at radius 1 is 1.00 bits per heavy atom. The first-order valence-electron chi connectivity index (χ1n) is 12.7. The van der Waals surface area contributed by atoms with Gasteiger partial charge in [-0.1, -0.05) is 32.0 Å². The van der Waals surface area contributed by atoms with E-state index in [1.165, 1.54) is 22.2 Å². The molecule has 5 rings (SSSR count). The molecule has 2 amide bonds. The molecule has 2 aliphatic heterocycles. The molecule has 3 aromatic rings. The summed E-state index contributed by atoms with van der Waals surface area (Å²) in [6, 6.07) is 10.2. The molecule has 1 aromatic carbocycles. The second-order valence-corrected chi connectivity index (χ2v) is 11.3. The molecule has 2 aliphatic rings. The van der Waals surface area contributed by atoms with Crippen molar-refractivity contribution in [1.29, 1.82) is 0 Å². The zero-order chi connectivity index (χ0) is 25.4. The van der Waals surface area contributed by atoms with E-state index in [0.29, 0.717) is 45.6 Å². The molecule has 0 unspecified atom stereocenters. The van der Waals surface area contributed by atoms with E-state index in [0.717, 1.165) is 38.3 Å². The number of rotatable bonds is 4. The van der Waals surface area contributed by atoms with E-state index in [4.69, 9.17) is 0 Å². The van der Waals surface area contributed by atoms with Gasteiger partial charge >= 0.3 is 0 Å². The lowest BCUT2D eigenvalue weighted by molar-refractivity contribution is -0.134. The summed E-state index contributed by atoms with van der Waals surface area (Å²) in [4.78, 5) is 51.3. The molecule has 0 bridgehead atoms. The first-order chi connectivity index (χ1) is 17.3. The van der Waals surface area contributed by atoms with Gasteiger partial charge in [0.05, 0.1) is 16.6 Å². The molecule has 8 nitrogen and oxygen atoms in total. The van der Waals surface area contributed by atoms with Crippen molar-refractivity contribution in [3.63, 3.8) is 0 Å². The summed E-state index contributed by atoms with van der Waals surface area (Å²) in [6.45, 7) is 10.3. The van der Waals surface area contributed by atoms with Gasteiger partial charge in [0.15, 0.2) is 0 Å². The molecule has 0 N–H and O–H groups in total. The first-order valence-corrected chi connectivity index (χ1v) is 13.5. The van der Waals surface area contributed by atoms with Gasteiger partial charge in [-0.15, -0.1) is 11.3 Å². The number of aromatic nitrogens is 2. The number of hydrogen-bond acceptors (Lipinski definition) is 6. The molecule has 2 atom stereocenters. The fraction of sp³-hybridized carbons (Fsp3) is 0.481. The van der Waals surface area contributed by atoms with E-state index in [2.05, 4.69) is 35.9 Å². The third-order valence-electron chi connectivity index (χ3n) is 7.33. The number of hydrogen-bond donors (Lipinski definition) is 0. The number of thiophene rings is 1. The predicted molar refractivity (Wildman–Crippen MR) is 143 cm³/mol. The predicted octanol–water partition coefficient (Wildman–Crippen LogP) is 3.23. The lowest BCUT2D eigenvalue weighted by Crippen LogP contribution is -2.48. The number of carbonyl (C=O) groups is 2. The number of para-hydroxylation sites is 1. The molecular weight excluding hydrogens is 474 g/mol. The van der Waals surface area contributed by atoms with Crippen LogP contribution in [0.15, 0.2) is 41.5 Å². The zero-order valence-corrected chi connectivity index (χ0v) is 22.0. The molecule has 0 aliphatic carbocycles. The van der Waals surface area contributed by atoms with E-state index in [1.807, 2.05) is 34.9 Å². The van der Waals surface area contributed by atoms with E-state index >= 15 is 0 Å². The minimum atomic E-state index is -0.256. The molecular formula is C27H33N5O3S. The summed E-state index contributed by atoms with van der Waals surface area (Å²) in [7, 11) is 0. The van der Waals surface area contributed by atoms with E-state index < -0.39 is 0 Å². The average molecular weight is 508 g/mol. The van der Waals surface area contributed by atoms with Gasteiger partial charge in [-0.3, -0.25) is 19.0 Å². The smallest absolute Gasteiger partial charge is 0.264 e. The molecule has 9 heteroatoms. The van der Waals surface area contributed by atoms with Crippen LogP contribution in [0.4, 0.5) is 5.69 Å². The lowest BCUT2D eigenvalue weighted by Gasteiger charge is -2.36. The standard InChI is InChI=1S/C27H33N5O3S/c1-18-13-19(2)15-31(14-18)22(33)16-32-17-28-25-23(26(32)34)20(3)24(36-25)27(35)30-11-9-29(10-12-30)21-7-5-4-6-8-21/h4-8,17-19H,9-16H2,1-3H3/t18-,19+. The number of amides is 2. The summed E-state index contributed by atoms with van der Waals surface area (Å²) in [5.41, 5.74) is 1.56. The Labute approximate surface area is 215 Å². The molecule has 190 valence electrons. The van der Waals surface area contributed by atoms with Gasteiger partial charge in [0, 0.05) is 45.0 Å². The van der Waals surface area contributed by atoms with E-state index in [1.54, 1.807) is 0 Å². The third kappa shape index (κ3) is 4.76. The lowest BCUT2D eigenvalue weighted by atomic mass is 9.92. The van der Waals surface area contributed by atoms with Crippen LogP contribution in [0.3, 0.4) is 0 Å². The molecule has 2 fully saturated rings. The summed E-state index contributed by atoms with van der Waals surface area (Å²) < 4.78 is 1.39. The Kier molecular flexibility index (Phi) is 6.83. The number of piperidine rings is 1. The monoisotopic (exact) mass is 507 g/mol. The maximum Gasteiger partial charge on any atom is 0.264 e. The number of nitrogens with zero attached hydrogens (tertiary/aromatic N) is 5. The number of likely N-dealkylation sites (tertiary alicyclic amines) is 1. The van der Waals surface area contributed by atoms with Crippen LogP contribution in [0.25, 0.3) is 10.2 Å². The maximum atomic E-state index is 13.4. The summed E-state index contributed by atoms with van der Waals surface area (Å²) >= 11 is 1.27. The molecule has 4 heterocycles. The Morgan fingerprint density at radius 2 is 1.67 bits per heavy atom. The van der Waals surface area contributed by atoms with Crippen LogP contribution >= 0.6 is 11.3 Å². The third-order valence-corrected chi connectivity index (χ3v) is 8.51. The second kappa shape index (κ2) is 10.0. The van der Waals surface area contributed by atoms with Crippen LogP contribution in [0.5, 0.6) is 0 Å². The minimum Gasteiger partial charge on any atom is -0.368 e. The van der Waals surface area contributed by atoms with Gasteiger partial charge in [0.1, 0.15) is 11.4 Å². The Hall–Kier alpha value is -3.20. The normalized spacial score (nSPS) is 20.7. The SMILES string of the molecule is Cc1c(C(=O)N2CCN(c3ccccc3)CC2)sc2ncn(CC(=O)N3C[C@H](C)C[C@H](C)C3)c(=O)c12. The van der Waals surface area contributed by atoms with Gasteiger partial charge in [-0.2, -0.15) is 0 Å². The molecule has 2 saturated heterocycles. The van der Waals surface area contributed by atoms with Crippen molar-refractivity contribution in [3.8, 4) is 0 Å². The van der Waals surface area contributed by atoms with Gasteiger partial charge in [-0.25, -0.2) is 4.98 Å². The number of carbonyl (C=O) groups excluding carboxylic acids is 2. The Balaban J connectivity index is 1.32. The Bertz CT molecular complexity index is 1320. The van der Waals surface area contributed by atoms with Crippen molar-refractivity contribution >= 4 is 39.1 Å². The van der Waals surface area contributed by atoms with Crippen molar-refractivity contribution in [2.24, 2.45) is 11.8 Å². The number of anilines is 1. The minimum absolute atomic E-state index is 0.0266. The Morgan fingerprint density at radius 3 is 2.33 bits per heavy atom. The van der Waals surface area contributed by atoms with Gasteiger partial charge in [0.2, 0.25) is 5.91 Å². The summed E-state index contributed by atoms with van der Waals surface area (Å²) in [5.74, 6) is 0.799. The summed E-state index contributed by atoms with van der Waals surface area (Å²) in [6.07, 6.45) is 2.56. The van der Waals surface area contributed by atoms with Crippen LogP contribution in [0, 0.1) is 18.8 Å². The van der Waals surface area contributed by atoms with Crippen molar-refractivity contribution in [1.82, 2.24) is 19.4 Å². The molecule has 0 radical (unpaired) electrons. The quantitative estimate of drug-likeness (QED) is 0.542. The van der Waals surface area contributed by atoms with Crippen LogP contribution in [0.2, 0.25) is 0 Å². The zero-order valence-electron chi connectivity index (χ0n) is 21.1. The largest absolute Gasteiger partial charge is 0.368 e. The van der Waals surface area contributed by atoms with Gasteiger partial charge < -0.3 is 14.7 Å². The molecule has 0 spiro atoms. The highest BCUT2D eigenvalue weighted by Crippen LogP contribution is 2.29. The molecule has 36 heavy (non-hydrogen) atoms. The van der Waals surface area contributed by atoms with Crippen LogP contribution in [0.1, 0.15) is 35.5 Å². The first kappa shape index (κ1) is 24.5. The number of benzene rings is 1. The van der Waals surface area contributed by atoms with Crippen LogP contribution in [-0.2, 0) is 11.3 Å². The summed E-state index contributed by atoms with van der Waals surface area (Å²) in [5, 5.41) is 0.446. The van der Waals surface area contributed by atoms with Crippen molar-refractivity contribution in [2.45, 2.75) is 33.7 Å². The van der Waals surface area contributed by atoms with Gasteiger partial charge in [0.25, 0.3) is 11.5 Å². The number of piperazine rings is 1. The van der Waals surface area contributed by atoms with E-state index in [9.17, 15) is 14.4 Å². The van der Waals surface area contributed by atoms with Crippen LogP contribution in [-0.4, -0.2) is 70.4 Å². The van der Waals surface area contributed by atoms with E-state index in [-0.39, 0.29) is 23.9 Å². The van der Waals surface area contributed by atoms with Crippen molar-refractivity contribution in [2.75, 3.05) is 44.2 Å². The highest BCUT2D eigenvalue weighted by atomic mass is 32.1. The molecule has 0 saturated carbocycles. The highest BCUT2D eigenvalue weighted by Gasteiger charge is 2.28. The fourth-order valence-electron chi connectivity index (χ4n) is 5.54. The average Bonchev–Trinajstić information content (AvgIpc) is 3.22. The second-order valence-electron chi connectivity index (χ2n) is 10.3. The van der Waals surface area contributed by atoms with Gasteiger partial charge in [-0.05, 0) is 42.9 Å². The van der Waals surface area contributed by atoms with Crippen LogP contribution < -0.4 is 10.5 Å². The maximum absolute atomic E-state index is 13.4. The molecule has 2 aromatic heterocycles. The number of fused-ring (bicyclic) bond motifs is 1. The highest BCUT2D eigenvalue weighted by molar-refractivity contribution is 7.20. The van der Waals surface area contributed by atoms with Crippen molar-refractivity contribution < 1.29 is 9.59 Å². The number of aryl methyl sites for hydroxylation is 1. The fourth-order valence-corrected chi connectivity index (χ4v) is 6.65. The van der Waals surface area contributed by atoms with Crippen molar-refractivity contribution in [3.05, 3.63) is 57.5 Å². The topological polar surface area (TPSA) is 78.8 Å².